The van der Waals surface area contributed by atoms with Crippen molar-refractivity contribution in [3.63, 3.8) is 0 Å². The summed E-state index contributed by atoms with van der Waals surface area (Å²) >= 11 is 0. The summed E-state index contributed by atoms with van der Waals surface area (Å²) in [6, 6.07) is 7.60. The van der Waals surface area contributed by atoms with Crippen molar-refractivity contribution in [1.82, 2.24) is 5.32 Å². The van der Waals surface area contributed by atoms with Crippen molar-refractivity contribution in [3.05, 3.63) is 29.8 Å². The van der Waals surface area contributed by atoms with Crippen LogP contribution >= 0.6 is 0 Å². The van der Waals surface area contributed by atoms with Crippen LogP contribution in [0.1, 0.15) is 39.2 Å². The Hall–Kier alpha value is -2.37. The van der Waals surface area contributed by atoms with E-state index in [-0.39, 0.29) is 30.6 Å². The lowest BCUT2D eigenvalue weighted by Gasteiger charge is -2.34. The zero-order chi connectivity index (χ0) is 18.8. The number of nitrogens with one attached hydrogen (secondary N) is 1. The van der Waals surface area contributed by atoms with Crippen LogP contribution in [0.25, 0.3) is 0 Å². The van der Waals surface area contributed by atoms with Crippen LogP contribution in [0.15, 0.2) is 24.3 Å². The molecule has 2 amide bonds. The highest BCUT2D eigenvalue weighted by molar-refractivity contribution is 6.00. The minimum absolute atomic E-state index is 0.0437. The third kappa shape index (κ3) is 4.38. The van der Waals surface area contributed by atoms with Crippen molar-refractivity contribution in [1.29, 1.82) is 0 Å². The largest absolute Gasteiger partial charge is 0.481 e. The number of carboxylic acids is 1. The molecule has 1 aliphatic heterocycles. The standard InChI is InChI=1S/C19H26N2O4/c1-12(2)19(4,10-17(23)24)20-18(25)14-9-16(22)21(11-14)15-7-5-13(3)6-8-15/h5-8,12,14H,9-11H2,1-4H3,(H,20,25)(H,23,24). The minimum atomic E-state index is -0.958. The molecule has 1 saturated heterocycles. The van der Waals surface area contributed by atoms with Crippen LogP contribution in [0.4, 0.5) is 5.69 Å². The van der Waals surface area contributed by atoms with Crippen molar-refractivity contribution >= 4 is 23.5 Å². The molecule has 0 spiro atoms. The number of carboxylic acid groups (broad SMARTS) is 1. The molecule has 136 valence electrons. The quantitative estimate of drug-likeness (QED) is 0.828. The molecule has 0 radical (unpaired) electrons. The Morgan fingerprint density at radius 2 is 1.92 bits per heavy atom. The van der Waals surface area contributed by atoms with Gasteiger partial charge < -0.3 is 15.3 Å². The van der Waals surface area contributed by atoms with E-state index in [0.29, 0.717) is 6.54 Å². The van der Waals surface area contributed by atoms with Crippen molar-refractivity contribution < 1.29 is 19.5 Å². The summed E-state index contributed by atoms with van der Waals surface area (Å²) in [6.45, 7) is 7.78. The molecule has 2 rings (SSSR count). The topological polar surface area (TPSA) is 86.7 Å². The lowest BCUT2D eigenvalue weighted by Crippen LogP contribution is -2.53. The Morgan fingerprint density at radius 3 is 2.44 bits per heavy atom. The van der Waals surface area contributed by atoms with E-state index in [2.05, 4.69) is 5.32 Å². The summed E-state index contributed by atoms with van der Waals surface area (Å²) in [5, 5.41) is 12.0. The summed E-state index contributed by atoms with van der Waals surface area (Å²) in [5.74, 6) is -1.83. The fraction of sp³-hybridized carbons (Fsp3) is 0.526. The molecule has 0 bridgehead atoms. The average Bonchev–Trinajstić information content (AvgIpc) is 2.89. The van der Waals surface area contributed by atoms with Crippen molar-refractivity contribution in [2.75, 3.05) is 11.4 Å². The molecule has 1 aliphatic rings. The zero-order valence-electron chi connectivity index (χ0n) is 15.2. The van der Waals surface area contributed by atoms with Gasteiger partial charge in [0.2, 0.25) is 11.8 Å². The number of carbonyl (C=O) groups excluding carboxylic acids is 2. The van der Waals surface area contributed by atoms with Gasteiger partial charge in [0.05, 0.1) is 12.3 Å². The summed E-state index contributed by atoms with van der Waals surface area (Å²) < 4.78 is 0. The van der Waals surface area contributed by atoms with E-state index < -0.39 is 17.4 Å². The third-order valence-corrected chi connectivity index (χ3v) is 5.04. The fourth-order valence-corrected chi connectivity index (χ4v) is 2.95. The minimum Gasteiger partial charge on any atom is -0.481 e. The van der Waals surface area contributed by atoms with Crippen LogP contribution in [0, 0.1) is 18.8 Å². The number of aryl methyl sites for hydroxylation is 1. The van der Waals surface area contributed by atoms with E-state index in [1.807, 2.05) is 45.0 Å². The number of hydrogen-bond donors (Lipinski definition) is 2. The van der Waals surface area contributed by atoms with Gasteiger partial charge in [0.15, 0.2) is 0 Å². The Kier molecular flexibility index (Phi) is 5.50. The van der Waals surface area contributed by atoms with E-state index >= 15 is 0 Å². The van der Waals surface area contributed by atoms with Crippen LogP contribution in [0.5, 0.6) is 0 Å². The molecule has 1 aromatic carbocycles. The molecule has 0 aliphatic carbocycles. The van der Waals surface area contributed by atoms with Crippen LogP contribution < -0.4 is 10.2 Å². The number of benzene rings is 1. The van der Waals surface area contributed by atoms with E-state index in [4.69, 9.17) is 5.11 Å². The molecule has 0 aromatic heterocycles. The second-order valence-electron chi connectivity index (χ2n) is 7.37. The normalized spacial score (nSPS) is 19.8. The van der Waals surface area contributed by atoms with E-state index in [1.165, 1.54) is 0 Å². The SMILES string of the molecule is Cc1ccc(N2CC(C(=O)NC(C)(CC(=O)O)C(C)C)CC2=O)cc1. The first-order valence-corrected chi connectivity index (χ1v) is 8.53. The van der Waals surface area contributed by atoms with Gasteiger partial charge in [-0.1, -0.05) is 31.5 Å². The molecule has 25 heavy (non-hydrogen) atoms. The molecule has 6 heteroatoms. The molecule has 6 nitrogen and oxygen atoms in total. The number of hydrogen-bond acceptors (Lipinski definition) is 3. The molecule has 2 unspecified atom stereocenters. The van der Waals surface area contributed by atoms with Gasteiger partial charge in [0, 0.05) is 24.2 Å². The van der Waals surface area contributed by atoms with E-state index in [0.717, 1.165) is 11.3 Å². The first-order chi connectivity index (χ1) is 11.6. The van der Waals surface area contributed by atoms with Gasteiger partial charge in [0.25, 0.3) is 0 Å². The third-order valence-electron chi connectivity index (χ3n) is 5.04. The molecule has 2 N–H and O–H groups in total. The lowest BCUT2D eigenvalue weighted by atomic mass is 9.84. The van der Waals surface area contributed by atoms with Crippen LogP contribution in [-0.2, 0) is 14.4 Å². The van der Waals surface area contributed by atoms with Crippen molar-refractivity contribution in [2.45, 2.75) is 46.1 Å². The summed E-state index contributed by atoms with van der Waals surface area (Å²) in [7, 11) is 0. The number of amides is 2. The van der Waals surface area contributed by atoms with Crippen molar-refractivity contribution in [3.8, 4) is 0 Å². The molecule has 1 fully saturated rings. The van der Waals surface area contributed by atoms with Gasteiger partial charge in [-0.3, -0.25) is 14.4 Å². The summed E-state index contributed by atoms with van der Waals surface area (Å²) in [5.41, 5.74) is 1.04. The molecule has 1 heterocycles. The highest BCUT2D eigenvalue weighted by Crippen LogP contribution is 2.27. The highest BCUT2D eigenvalue weighted by atomic mass is 16.4. The van der Waals surface area contributed by atoms with Gasteiger partial charge in [-0.15, -0.1) is 0 Å². The zero-order valence-corrected chi connectivity index (χ0v) is 15.2. The van der Waals surface area contributed by atoms with Crippen LogP contribution in [-0.4, -0.2) is 35.0 Å². The van der Waals surface area contributed by atoms with Crippen LogP contribution in [0.3, 0.4) is 0 Å². The van der Waals surface area contributed by atoms with Gasteiger partial charge in [-0.05, 0) is 31.9 Å². The number of anilines is 1. The Labute approximate surface area is 148 Å². The second-order valence-corrected chi connectivity index (χ2v) is 7.37. The maximum absolute atomic E-state index is 12.6. The van der Waals surface area contributed by atoms with E-state index in [1.54, 1.807) is 11.8 Å². The van der Waals surface area contributed by atoms with Gasteiger partial charge in [0.1, 0.15) is 0 Å². The van der Waals surface area contributed by atoms with Gasteiger partial charge >= 0.3 is 5.97 Å². The first kappa shape index (κ1) is 19.0. The second kappa shape index (κ2) is 7.25. The van der Waals surface area contributed by atoms with Gasteiger partial charge in [-0.2, -0.15) is 0 Å². The molecular weight excluding hydrogens is 320 g/mol. The number of nitrogens with zero attached hydrogens (tertiary/aromatic N) is 1. The number of carbonyl (C=O) groups is 3. The first-order valence-electron chi connectivity index (χ1n) is 8.53. The van der Waals surface area contributed by atoms with Crippen LogP contribution in [0.2, 0.25) is 0 Å². The predicted octanol–water partition coefficient (Wildman–Crippen LogP) is 2.35. The summed E-state index contributed by atoms with van der Waals surface area (Å²) in [4.78, 5) is 37.7. The molecular formula is C19H26N2O4. The van der Waals surface area contributed by atoms with Crippen molar-refractivity contribution in [2.24, 2.45) is 11.8 Å². The maximum Gasteiger partial charge on any atom is 0.305 e. The molecule has 0 saturated carbocycles. The smallest absolute Gasteiger partial charge is 0.305 e. The Morgan fingerprint density at radius 1 is 1.32 bits per heavy atom. The van der Waals surface area contributed by atoms with Gasteiger partial charge in [-0.25, -0.2) is 0 Å². The maximum atomic E-state index is 12.6. The molecule has 2 atom stereocenters. The molecule has 1 aromatic rings. The predicted molar refractivity (Wildman–Crippen MR) is 95.3 cm³/mol. The number of rotatable bonds is 6. The fourth-order valence-electron chi connectivity index (χ4n) is 2.95. The Bertz CT molecular complexity index is 669. The number of aliphatic carboxylic acids is 1. The lowest BCUT2D eigenvalue weighted by molar-refractivity contribution is -0.140. The highest BCUT2D eigenvalue weighted by Gasteiger charge is 2.39. The van der Waals surface area contributed by atoms with E-state index in [9.17, 15) is 14.4 Å². The average molecular weight is 346 g/mol. The monoisotopic (exact) mass is 346 g/mol. The Balaban J connectivity index is 2.09. The summed E-state index contributed by atoms with van der Waals surface area (Å²) in [6.07, 6.45) is -0.0142.